The standard InChI is InChI=1S/C11H14ClNO2/c1-4-8(13)7-5-6-9(14-2)11(15-3)10(7)12/h4-6,8H,1,13H2,2-3H3/t8-/m1/s1. The van der Waals surface area contributed by atoms with Gasteiger partial charge in [0.15, 0.2) is 11.5 Å². The molecule has 1 aromatic carbocycles. The van der Waals surface area contributed by atoms with Crippen molar-refractivity contribution in [1.29, 1.82) is 0 Å². The molecule has 0 bridgehead atoms. The minimum atomic E-state index is -0.308. The molecule has 0 aliphatic carbocycles. The number of nitrogens with two attached hydrogens (primary N) is 1. The monoisotopic (exact) mass is 227 g/mol. The smallest absolute Gasteiger partial charge is 0.179 e. The molecule has 0 aromatic heterocycles. The average molecular weight is 228 g/mol. The van der Waals surface area contributed by atoms with Crippen molar-refractivity contribution in [3.05, 3.63) is 35.4 Å². The summed E-state index contributed by atoms with van der Waals surface area (Å²) in [4.78, 5) is 0. The molecule has 1 atom stereocenters. The summed E-state index contributed by atoms with van der Waals surface area (Å²) in [6, 6.07) is 3.26. The molecule has 4 heteroatoms. The highest BCUT2D eigenvalue weighted by molar-refractivity contribution is 6.33. The molecule has 82 valence electrons. The SMILES string of the molecule is C=C[C@@H](N)c1ccc(OC)c(OC)c1Cl. The van der Waals surface area contributed by atoms with Crippen LogP contribution in [0.3, 0.4) is 0 Å². The number of rotatable bonds is 4. The van der Waals surface area contributed by atoms with E-state index in [4.69, 9.17) is 26.8 Å². The van der Waals surface area contributed by atoms with E-state index in [1.807, 2.05) is 0 Å². The van der Waals surface area contributed by atoms with Crippen LogP contribution >= 0.6 is 11.6 Å². The third-order valence-electron chi connectivity index (χ3n) is 2.13. The van der Waals surface area contributed by atoms with Gasteiger partial charge in [0.2, 0.25) is 0 Å². The Balaban J connectivity index is 3.28. The van der Waals surface area contributed by atoms with Crippen LogP contribution in [-0.2, 0) is 0 Å². The molecule has 0 saturated carbocycles. The Labute approximate surface area is 94.4 Å². The molecule has 3 nitrogen and oxygen atoms in total. The molecule has 1 rings (SSSR count). The fraction of sp³-hybridized carbons (Fsp3) is 0.273. The zero-order valence-corrected chi connectivity index (χ0v) is 9.54. The van der Waals surface area contributed by atoms with E-state index in [-0.39, 0.29) is 6.04 Å². The molecule has 0 aliphatic rings. The van der Waals surface area contributed by atoms with Crippen molar-refractivity contribution in [2.45, 2.75) is 6.04 Å². The predicted molar refractivity (Wildman–Crippen MR) is 61.7 cm³/mol. The Bertz CT molecular complexity index is 366. The normalized spacial score (nSPS) is 12.0. The average Bonchev–Trinajstić information content (AvgIpc) is 2.27. The van der Waals surface area contributed by atoms with Gasteiger partial charge in [-0.15, -0.1) is 6.58 Å². The molecule has 0 amide bonds. The van der Waals surface area contributed by atoms with E-state index in [0.29, 0.717) is 16.5 Å². The summed E-state index contributed by atoms with van der Waals surface area (Å²) in [7, 11) is 3.09. The van der Waals surface area contributed by atoms with E-state index >= 15 is 0 Å². The highest BCUT2D eigenvalue weighted by Crippen LogP contribution is 2.39. The molecule has 1 aromatic rings. The zero-order chi connectivity index (χ0) is 11.4. The maximum Gasteiger partial charge on any atom is 0.179 e. The van der Waals surface area contributed by atoms with E-state index < -0.39 is 0 Å². The highest BCUT2D eigenvalue weighted by atomic mass is 35.5. The molecule has 0 fully saturated rings. The van der Waals surface area contributed by atoms with Crippen LogP contribution in [0.5, 0.6) is 11.5 Å². The summed E-state index contributed by atoms with van der Waals surface area (Å²) in [5, 5.41) is 0.462. The van der Waals surface area contributed by atoms with Crippen LogP contribution in [0.25, 0.3) is 0 Å². The zero-order valence-electron chi connectivity index (χ0n) is 8.79. The number of benzene rings is 1. The fourth-order valence-corrected chi connectivity index (χ4v) is 1.65. The fourth-order valence-electron chi connectivity index (χ4n) is 1.29. The molecular weight excluding hydrogens is 214 g/mol. The van der Waals surface area contributed by atoms with E-state index in [0.717, 1.165) is 5.56 Å². The van der Waals surface area contributed by atoms with Gasteiger partial charge in [-0.1, -0.05) is 23.7 Å². The Morgan fingerprint density at radius 3 is 2.53 bits per heavy atom. The lowest BCUT2D eigenvalue weighted by Gasteiger charge is -2.14. The van der Waals surface area contributed by atoms with Crippen LogP contribution < -0.4 is 15.2 Å². The molecule has 0 heterocycles. The number of halogens is 1. The summed E-state index contributed by atoms with van der Waals surface area (Å²) in [5.41, 5.74) is 6.58. The molecule has 0 aliphatic heterocycles. The molecule has 2 N–H and O–H groups in total. The molecule has 0 unspecified atom stereocenters. The van der Waals surface area contributed by atoms with Crippen molar-refractivity contribution < 1.29 is 9.47 Å². The summed E-state index contributed by atoms with van der Waals surface area (Å²) in [5.74, 6) is 1.08. The number of methoxy groups -OCH3 is 2. The first kappa shape index (κ1) is 11.9. The lowest BCUT2D eigenvalue weighted by Crippen LogP contribution is -2.08. The number of hydrogen-bond acceptors (Lipinski definition) is 3. The molecular formula is C11H14ClNO2. The lowest BCUT2D eigenvalue weighted by atomic mass is 10.1. The van der Waals surface area contributed by atoms with Gasteiger partial charge in [0.25, 0.3) is 0 Å². The van der Waals surface area contributed by atoms with Crippen molar-refractivity contribution in [2.24, 2.45) is 5.73 Å². The molecule has 15 heavy (non-hydrogen) atoms. The highest BCUT2D eigenvalue weighted by Gasteiger charge is 2.15. The molecule has 0 spiro atoms. The Morgan fingerprint density at radius 1 is 1.40 bits per heavy atom. The van der Waals surface area contributed by atoms with Gasteiger partial charge in [-0.3, -0.25) is 0 Å². The first-order chi connectivity index (χ1) is 7.15. The largest absolute Gasteiger partial charge is 0.493 e. The van der Waals surface area contributed by atoms with Gasteiger partial charge in [-0.2, -0.15) is 0 Å². The van der Waals surface area contributed by atoms with Crippen molar-refractivity contribution >= 4 is 11.6 Å². The van der Waals surface area contributed by atoms with Gasteiger partial charge in [0, 0.05) is 6.04 Å². The van der Waals surface area contributed by atoms with Gasteiger partial charge < -0.3 is 15.2 Å². The van der Waals surface area contributed by atoms with Crippen LogP contribution in [0.4, 0.5) is 0 Å². The second-order valence-corrected chi connectivity index (χ2v) is 3.34. The van der Waals surface area contributed by atoms with E-state index in [9.17, 15) is 0 Å². The summed E-state index contributed by atoms with van der Waals surface area (Å²) >= 11 is 6.13. The minimum Gasteiger partial charge on any atom is -0.493 e. The van der Waals surface area contributed by atoms with E-state index in [2.05, 4.69) is 6.58 Å². The third-order valence-corrected chi connectivity index (χ3v) is 2.52. The van der Waals surface area contributed by atoms with Gasteiger partial charge in [0.05, 0.1) is 19.2 Å². The van der Waals surface area contributed by atoms with Crippen LogP contribution in [-0.4, -0.2) is 14.2 Å². The van der Waals surface area contributed by atoms with Gasteiger partial charge >= 0.3 is 0 Å². The number of ether oxygens (including phenoxy) is 2. The lowest BCUT2D eigenvalue weighted by molar-refractivity contribution is 0.354. The third kappa shape index (κ3) is 2.25. The van der Waals surface area contributed by atoms with Crippen molar-refractivity contribution in [3.63, 3.8) is 0 Å². The molecule has 0 saturated heterocycles. The summed E-state index contributed by atoms with van der Waals surface area (Å²) in [6.45, 7) is 3.62. The van der Waals surface area contributed by atoms with Crippen LogP contribution in [0.1, 0.15) is 11.6 Å². The topological polar surface area (TPSA) is 44.5 Å². The maximum absolute atomic E-state index is 6.13. The van der Waals surface area contributed by atoms with Gasteiger partial charge in [-0.05, 0) is 11.6 Å². The quantitative estimate of drug-likeness (QED) is 0.804. The second kappa shape index (κ2) is 5.05. The van der Waals surface area contributed by atoms with Crippen molar-refractivity contribution in [3.8, 4) is 11.5 Å². The maximum atomic E-state index is 6.13. The van der Waals surface area contributed by atoms with Gasteiger partial charge in [-0.25, -0.2) is 0 Å². The minimum absolute atomic E-state index is 0.308. The van der Waals surface area contributed by atoms with E-state index in [1.54, 1.807) is 25.3 Å². The number of hydrogen-bond donors (Lipinski definition) is 1. The first-order valence-corrected chi connectivity index (χ1v) is 4.82. The second-order valence-electron chi connectivity index (χ2n) is 2.97. The Kier molecular flexibility index (Phi) is 4.00. The van der Waals surface area contributed by atoms with E-state index in [1.165, 1.54) is 7.11 Å². The van der Waals surface area contributed by atoms with Gasteiger partial charge in [0.1, 0.15) is 0 Å². The predicted octanol–water partition coefficient (Wildman–Crippen LogP) is 2.54. The first-order valence-electron chi connectivity index (χ1n) is 4.44. The van der Waals surface area contributed by atoms with Crippen LogP contribution in [0.15, 0.2) is 24.8 Å². The van der Waals surface area contributed by atoms with Crippen molar-refractivity contribution in [2.75, 3.05) is 14.2 Å². The summed E-state index contributed by atoms with van der Waals surface area (Å²) < 4.78 is 10.3. The Morgan fingerprint density at radius 2 is 2.07 bits per heavy atom. The van der Waals surface area contributed by atoms with Crippen molar-refractivity contribution in [1.82, 2.24) is 0 Å². The van der Waals surface area contributed by atoms with Crippen LogP contribution in [0.2, 0.25) is 5.02 Å². The van der Waals surface area contributed by atoms with Crippen LogP contribution in [0, 0.1) is 0 Å². The molecule has 0 radical (unpaired) electrons. The Hall–Kier alpha value is -1.19. The summed E-state index contributed by atoms with van der Waals surface area (Å²) in [6.07, 6.45) is 1.62.